The van der Waals surface area contributed by atoms with E-state index in [9.17, 15) is 9.59 Å². The third-order valence-electron chi connectivity index (χ3n) is 5.71. The van der Waals surface area contributed by atoms with Crippen molar-refractivity contribution in [1.29, 1.82) is 0 Å². The van der Waals surface area contributed by atoms with Gasteiger partial charge >= 0.3 is 0 Å². The van der Waals surface area contributed by atoms with Gasteiger partial charge in [0.2, 0.25) is 11.7 Å². The van der Waals surface area contributed by atoms with Crippen LogP contribution < -0.4 is 15.6 Å². The molecule has 1 amide bonds. The Hall–Kier alpha value is -4.11. The highest BCUT2D eigenvalue weighted by Gasteiger charge is 2.19. The van der Waals surface area contributed by atoms with Gasteiger partial charge in [-0.25, -0.2) is 4.57 Å². The van der Waals surface area contributed by atoms with Crippen molar-refractivity contribution in [2.75, 3.05) is 18.2 Å². The maximum Gasteiger partial charge on any atom is 0.267 e. The number of hydrogen-bond acceptors (Lipinski definition) is 6. The molecule has 0 aliphatic heterocycles. The van der Waals surface area contributed by atoms with E-state index < -0.39 is 0 Å². The van der Waals surface area contributed by atoms with Crippen molar-refractivity contribution in [3.8, 4) is 11.4 Å². The molecule has 176 valence electrons. The van der Waals surface area contributed by atoms with Gasteiger partial charge in [0.15, 0.2) is 5.16 Å². The predicted octanol–water partition coefficient (Wildman–Crippen LogP) is 4.34. The molecule has 0 radical (unpaired) electrons. The van der Waals surface area contributed by atoms with E-state index in [-0.39, 0.29) is 17.2 Å². The molecule has 5 rings (SSSR count). The fraction of sp³-hybridized carbons (Fsp3) is 0.154. The van der Waals surface area contributed by atoms with Gasteiger partial charge in [-0.2, -0.15) is 0 Å². The molecule has 2 aromatic heterocycles. The van der Waals surface area contributed by atoms with Crippen LogP contribution in [-0.4, -0.2) is 37.9 Å². The molecule has 8 nitrogen and oxygen atoms in total. The number of nitrogens with one attached hydrogen (secondary N) is 1. The number of thioether (sulfide) groups is 1. The first-order valence-corrected chi connectivity index (χ1v) is 12.1. The van der Waals surface area contributed by atoms with Gasteiger partial charge in [-0.15, -0.1) is 10.2 Å². The number of methoxy groups -OCH3 is 1. The number of nitrogens with zero attached hydrogens (tertiary/aromatic N) is 4. The first-order chi connectivity index (χ1) is 17.1. The summed E-state index contributed by atoms with van der Waals surface area (Å²) in [6, 6.07) is 22.3. The number of hydrogen-bond donors (Lipinski definition) is 1. The number of aryl methyl sites for hydroxylation is 1. The molecule has 0 spiro atoms. The molecule has 5 aromatic rings. The molecule has 0 aliphatic carbocycles. The number of amides is 1. The van der Waals surface area contributed by atoms with Gasteiger partial charge in [0, 0.05) is 11.8 Å². The van der Waals surface area contributed by atoms with Crippen LogP contribution in [0, 0.1) is 0 Å². The lowest BCUT2D eigenvalue weighted by Gasteiger charge is -2.12. The van der Waals surface area contributed by atoms with Crippen LogP contribution in [0.4, 0.5) is 5.69 Å². The molecule has 35 heavy (non-hydrogen) atoms. The summed E-state index contributed by atoms with van der Waals surface area (Å²) in [6.07, 6.45) is 0.826. The van der Waals surface area contributed by atoms with Crippen molar-refractivity contribution >= 4 is 40.0 Å². The van der Waals surface area contributed by atoms with Gasteiger partial charge < -0.3 is 10.1 Å². The van der Waals surface area contributed by atoms with Crippen LogP contribution in [-0.2, 0) is 11.2 Å². The van der Waals surface area contributed by atoms with Gasteiger partial charge in [0.05, 0.1) is 29.5 Å². The summed E-state index contributed by atoms with van der Waals surface area (Å²) in [5, 5.41) is 12.7. The number of rotatable bonds is 7. The Bertz CT molecular complexity index is 1610. The first-order valence-electron chi connectivity index (χ1n) is 11.1. The minimum Gasteiger partial charge on any atom is -0.497 e. The molecule has 1 N–H and O–H groups in total. The lowest BCUT2D eigenvalue weighted by Crippen LogP contribution is -2.22. The highest BCUT2D eigenvalue weighted by Crippen LogP contribution is 2.25. The average Bonchev–Trinajstić information content (AvgIpc) is 3.32. The minimum absolute atomic E-state index is 0.141. The summed E-state index contributed by atoms with van der Waals surface area (Å²) >= 11 is 1.27. The summed E-state index contributed by atoms with van der Waals surface area (Å²) < 4.78 is 8.67. The molecular weight excluding hydrogens is 462 g/mol. The Morgan fingerprint density at radius 1 is 1.03 bits per heavy atom. The minimum atomic E-state index is -0.209. The number of aromatic nitrogens is 4. The third-order valence-corrected chi connectivity index (χ3v) is 6.64. The lowest BCUT2D eigenvalue weighted by molar-refractivity contribution is -0.113. The largest absolute Gasteiger partial charge is 0.497 e. The summed E-state index contributed by atoms with van der Waals surface area (Å²) in [5.74, 6) is 0.990. The zero-order valence-corrected chi connectivity index (χ0v) is 20.1. The van der Waals surface area contributed by atoms with Crippen LogP contribution in [0.2, 0.25) is 0 Å². The predicted molar refractivity (Wildman–Crippen MR) is 138 cm³/mol. The molecule has 0 bridgehead atoms. The fourth-order valence-electron chi connectivity index (χ4n) is 4.02. The number of fused-ring (bicyclic) bond motifs is 3. The van der Waals surface area contributed by atoms with Crippen LogP contribution >= 0.6 is 11.8 Å². The number of anilines is 1. The third kappa shape index (κ3) is 4.26. The highest BCUT2D eigenvalue weighted by molar-refractivity contribution is 7.99. The van der Waals surface area contributed by atoms with Gasteiger partial charge in [-0.05, 0) is 42.3 Å². The summed E-state index contributed by atoms with van der Waals surface area (Å²) in [7, 11) is 1.58. The highest BCUT2D eigenvalue weighted by atomic mass is 32.2. The van der Waals surface area contributed by atoms with E-state index in [0.717, 1.165) is 17.7 Å². The lowest BCUT2D eigenvalue weighted by atomic mass is 10.1. The maximum absolute atomic E-state index is 13.5. The van der Waals surface area contributed by atoms with Crippen LogP contribution in [0.1, 0.15) is 12.5 Å². The van der Waals surface area contributed by atoms with Crippen molar-refractivity contribution in [3.05, 3.63) is 88.7 Å². The molecule has 0 saturated carbocycles. The van der Waals surface area contributed by atoms with E-state index in [1.54, 1.807) is 19.2 Å². The van der Waals surface area contributed by atoms with Crippen molar-refractivity contribution < 1.29 is 9.53 Å². The number of benzene rings is 3. The molecule has 0 atom stereocenters. The Morgan fingerprint density at radius 3 is 2.66 bits per heavy atom. The molecule has 2 heterocycles. The second-order valence-electron chi connectivity index (χ2n) is 7.82. The van der Waals surface area contributed by atoms with E-state index in [1.807, 2.05) is 65.1 Å². The van der Waals surface area contributed by atoms with Crippen LogP contribution in [0.3, 0.4) is 0 Å². The zero-order valence-electron chi connectivity index (χ0n) is 19.3. The molecule has 0 aliphatic rings. The number of ether oxygens (including phenoxy) is 1. The van der Waals surface area contributed by atoms with E-state index in [2.05, 4.69) is 22.4 Å². The van der Waals surface area contributed by atoms with Crippen molar-refractivity contribution in [2.45, 2.75) is 18.5 Å². The van der Waals surface area contributed by atoms with E-state index >= 15 is 0 Å². The fourth-order valence-corrected chi connectivity index (χ4v) is 4.76. The average molecular weight is 486 g/mol. The van der Waals surface area contributed by atoms with E-state index in [4.69, 9.17) is 4.74 Å². The van der Waals surface area contributed by atoms with Crippen molar-refractivity contribution in [1.82, 2.24) is 19.2 Å². The van der Waals surface area contributed by atoms with Gasteiger partial charge in [-0.1, -0.05) is 55.1 Å². The summed E-state index contributed by atoms with van der Waals surface area (Å²) in [6.45, 7) is 2.05. The molecule has 9 heteroatoms. The van der Waals surface area contributed by atoms with Crippen LogP contribution in [0.15, 0.2) is 82.7 Å². The number of carbonyl (C=O) groups excluding carboxylic acids is 1. The van der Waals surface area contributed by atoms with Gasteiger partial charge in [0.1, 0.15) is 5.75 Å². The monoisotopic (exact) mass is 485 g/mol. The smallest absolute Gasteiger partial charge is 0.267 e. The zero-order chi connectivity index (χ0) is 24.4. The standard InChI is InChI=1S/C26H23N5O3S/c1-3-17-9-4-6-13-21(17)27-23(32)16-35-26-29-28-25-30(18-10-8-11-19(15-18)34-2)24(33)20-12-5-7-14-22(20)31(25)26/h4-15H,3,16H2,1-2H3,(H,27,32). The molecule has 0 fully saturated rings. The quantitative estimate of drug-likeness (QED) is 0.345. The molecule has 3 aromatic carbocycles. The number of para-hydroxylation sites is 2. The molecular formula is C26H23N5O3S. The molecule has 0 unspecified atom stereocenters. The summed E-state index contributed by atoms with van der Waals surface area (Å²) in [4.78, 5) is 26.2. The Kier molecular flexibility index (Phi) is 6.24. The maximum atomic E-state index is 13.5. The Morgan fingerprint density at radius 2 is 1.83 bits per heavy atom. The Balaban J connectivity index is 1.55. The van der Waals surface area contributed by atoms with Crippen LogP contribution in [0.5, 0.6) is 5.75 Å². The molecule has 0 saturated heterocycles. The topological polar surface area (TPSA) is 90.5 Å². The van der Waals surface area contributed by atoms with Gasteiger partial charge in [0.25, 0.3) is 5.56 Å². The first kappa shape index (κ1) is 22.7. The van der Waals surface area contributed by atoms with Gasteiger partial charge in [-0.3, -0.25) is 14.0 Å². The van der Waals surface area contributed by atoms with Crippen molar-refractivity contribution in [3.63, 3.8) is 0 Å². The Labute approximate surface area is 205 Å². The van der Waals surface area contributed by atoms with E-state index in [0.29, 0.717) is 33.3 Å². The number of carbonyl (C=O) groups is 1. The summed E-state index contributed by atoms with van der Waals surface area (Å²) in [5.41, 5.74) is 2.97. The van der Waals surface area contributed by atoms with E-state index in [1.165, 1.54) is 16.3 Å². The second kappa shape index (κ2) is 9.63. The van der Waals surface area contributed by atoms with Crippen LogP contribution in [0.25, 0.3) is 22.4 Å². The second-order valence-corrected chi connectivity index (χ2v) is 8.77. The SMILES string of the molecule is CCc1ccccc1NC(=O)CSc1nnc2n(-c3cccc(OC)c3)c(=O)c3ccccc3n12. The normalized spacial score (nSPS) is 11.1. The van der Waals surface area contributed by atoms with Crippen molar-refractivity contribution in [2.24, 2.45) is 0 Å².